The molecule has 0 heterocycles. The summed E-state index contributed by atoms with van der Waals surface area (Å²) in [4.78, 5) is 10.1. The quantitative estimate of drug-likeness (QED) is 0.832. The topological polar surface area (TPSA) is 71.4 Å². The Labute approximate surface area is 86.3 Å². The molecule has 0 radical (unpaired) electrons. The average Bonchev–Trinajstić information content (AvgIpc) is 2.00. The maximum Gasteiger partial charge on any atom is 0.335 e. The van der Waals surface area contributed by atoms with Crippen LogP contribution >= 0.6 is 0 Å². The van der Waals surface area contributed by atoms with Gasteiger partial charge in [0, 0.05) is 6.26 Å². The number of hydrogen-bond acceptors (Lipinski definition) is 3. The largest absolute Gasteiger partial charge is 0.478 e. The summed E-state index contributed by atoms with van der Waals surface area (Å²) < 4.78 is 35.4. The zero-order valence-electron chi connectivity index (χ0n) is 8.11. The third-order valence-corrected chi connectivity index (χ3v) is 3.02. The van der Waals surface area contributed by atoms with Crippen molar-refractivity contribution < 1.29 is 22.7 Å². The van der Waals surface area contributed by atoms with Crippen LogP contribution in [0.25, 0.3) is 0 Å². The molecule has 0 amide bonds. The van der Waals surface area contributed by atoms with Crippen LogP contribution in [0.2, 0.25) is 0 Å². The van der Waals surface area contributed by atoms with Gasteiger partial charge in [0.2, 0.25) is 0 Å². The summed E-state index contributed by atoms with van der Waals surface area (Å²) in [6.45, 7) is 1.40. The fourth-order valence-corrected chi connectivity index (χ4v) is 1.91. The van der Waals surface area contributed by atoms with E-state index < -0.39 is 26.5 Å². The lowest BCUT2D eigenvalue weighted by atomic mass is 10.1. The molecule has 0 saturated heterocycles. The summed E-state index contributed by atoms with van der Waals surface area (Å²) in [5.41, 5.74) is -0.0239. The fourth-order valence-electron chi connectivity index (χ4n) is 1.17. The van der Waals surface area contributed by atoms with Crippen molar-refractivity contribution in [1.29, 1.82) is 0 Å². The van der Waals surface area contributed by atoms with E-state index in [-0.39, 0.29) is 11.1 Å². The van der Waals surface area contributed by atoms with Gasteiger partial charge in [0.25, 0.3) is 0 Å². The second kappa shape index (κ2) is 3.62. The number of hydrogen-bond donors (Lipinski definition) is 1. The normalized spacial score (nSPS) is 11.4. The molecule has 0 aromatic heterocycles. The number of sulfone groups is 1. The minimum atomic E-state index is -3.74. The van der Waals surface area contributed by atoms with Crippen molar-refractivity contribution in [2.75, 3.05) is 6.26 Å². The van der Waals surface area contributed by atoms with Crippen molar-refractivity contribution in [3.05, 3.63) is 29.1 Å². The van der Waals surface area contributed by atoms with Crippen molar-refractivity contribution in [1.82, 2.24) is 0 Å². The smallest absolute Gasteiger partial charge is 0.335 e. The highest BCUT2D eigenvalue weighted by atomic mass is 32.2. The molecule has 1 rings (SSSR count). The minimum Gasteiger partial charge on any atom is -0.478 e. The number of carboxylic acid groups (broad SMARTS) is 1. The zero-order chi connectivity index (χ0) is 11.8. The Morgan fingerprint density at radius 1 is 1.40 bits per heavy atom. The van der Waals surface area contributed by atoms with Crippen LogP contribution in [0.3, 0.4) is 0 Å². The van der Waals surface area contributed by atoms with Gasteiger partial charge in [0.1, 0.15) is 10.7 Å². The average molecular weight is 232 g/mol. The molecule has 1 aromatic rings. The van der Waals surface area contributed by atoms with E-state index in [0.29, 0.717) is 0 Å². The molecule has 1 aromatic carbocycles. The number of carbonyl (C=O) groups is 1. The summed E-state index contributed by atoms with van der Waals surface area (Å²) in [5.74, 6) is -2.21. The summed E-state index contributed by atoms with van der Waals surface area (Å²) in [5, 5.41) is 8.73. The molecule has 82 valence electrons. The van der Waals surface area contributed by atoms with Crippen LogP contribution in [0, 0.1) is 12.7 Å². The van der Waals surface area contributed by atoms with Gasteiger partial charge in [0.15, 0.2) is 9.84 Å². The summed E-state index contributed by atoms with van der Waals surface area (Å²) in [6.07, 6.45) is 0.826. The van der Waals surface area contributed by atoms with Gasteiger partial charge < -0.3 is 5.11 Å². The molecule has 0 saturated carbocycles. The van der Waals surface area contributed by atoms with Crippen molar-refractivity contribution in [3.63, 3.8) is 0 Å². The van der Waals surface area contributed by atoms with Gasteiger partial charge in [-0.1, -0.05) is 0 Å². The Bertz CT molecular complexity index is 519. The van der Waals surface area contributed by atoms with Crippen LogP contribution in [0.15, 0.2) is 17.0 Å². The first-order chi connectivity index (χ1) is 6.73. The third-order valence-electron chi connectivity index (χ3n) is 1.91. The van der Waals surface area contributed by atoms with Crippen LogP contribution in [-0.2, 0) is 9.84 Å². The molecule has 1 N–H and O–H groups in total. The molecule has 0 atom stereocenters. The van der Waals surface area contributed by atoms with Crippen LogP contribution in [0.1, 0.15) is 15.9 Å². The summed E-state index contributed by atoms with van der Waals surface area (Å²) in [7, 11) is -3.74. The first-order valence-corrected chi connectivity index (χ1v) is 5.86. The van der Waals surface area contributed by atoms with Crippen LogP contribution < -0.4 is 0 Å². The zero-order valence-corrected chi connectivity index (χ0v) is 8.93. The summed E-state index contributed by atoms with van der Waals surface area (Å²) >= 11 is 0. The highest BCUT2D eigenvalue weighted by Gasteiger charge is 2.18. The van der Waals surface area contributed by atoms with E-state index in [9.17, 15) is 17.6 Å². The maximum atomic E-state index is 13.2. The van der Waals surface area contributed by atoms with Crippen LogP contribution in [-0.4, -0.2) is 25.7 Å². The van der Waals surface area contributed by atoms with E-state index >= 15 is 0 Å². The third kappa shape index (κ3) is 2.33. The van der Waals surface area contributed by atoms with Crippen molar-refractivity contribution in [2.24, 2.45) is 0 Å². The van der Waals surface area contributed by atoms with E-state index in [1.54, 1.807) is 0 Å². The van der Waals surface area contributed by atoms with E-state index in [1.807, 2.05) is 0 Å². The second-order valence-electron chi connectivity index (χ2n) is 3.17. The standard InChI is InChI=1S/C9H9FO4S/c1-5-3-7(10)8(15(2,13)14)4-6(5)9(11)12/h3-4H,1-2H3,(H,11,12). The maximum absolute atomic E-state index is 13.2. The number of benzene rings is 1. The number of aromatic carboxylic acids is 1. The van der Waals surface area contributed by atoms with Crippen molar-refractivity contribution in [3.8, 4) is 0 Å². The van der Waals surface area contributed by atoms with Gasteiger partial charge in [0.05, 0.1) is 5.56 Å². The monoisotopic (exact) mass is 232 g/mol. The Morgan fingerprint density at radius 2 is 1.93 bits per heavy atom. The highest BCUT2D eigenvalue weighted by molar-refractivity contribution is 7.90. The second-order valence-corrected chi connectivity index (χ2v) is 5.16. The van der Waals surface area contributed by atoms with Crippen molar-refractivity contribution in [2.45, 2.75) is 11.8 Å². The van der Waals surface area contributed by atoms with E-state index in [0.717, 1.165) is 18.4 Å². The van der Waals surface area contributed by atoms with Gasteiger partial charge in [-0.3, -0.25) is 0 Å². The number of rotatable bonds is 2. The number of halogens is 1. The van der Waals surface area contributed by atoms with Crippen LogP contribution in [0.4, 0.5) is 4.39 Å². The lowest BCUT2D eigenvalue weighted by Gasteiger charge is -2.05. The molecule has 0 aliphatic rings. The Balaban J connectivity index is 3.58. The van der Waals surface area contributed by atoms with E-state index in [2.05, 4.69) is 0 Å². The van der Waals surface area contributed by atoms with E-state index in [1.165, 1.54) is 6.92 Å². The van der Waals surface area contributed by atoms with E-state index in [4.69, 9.17) is 5.11 Å². The van der Waals surface area contributed by atoms with Gasteiger partial charge in [-0.05, 0) is 24.6 Å². The molecule has 0 fully saturated rings. The van der Waals surface area contributed by atoms with Gasteiger partial charge in [-0.25, -0.2) is 17.6 Å². The molecule has 4 nitrogen and oxygen atoms in total. The molecule has 0 unspecified atom stereocenters. The molecule has 0 aliphatic carbocycles. The van der Waals surface area contributed by atoms with Crippen molar-refractivity contribution >= 4 is 15.8 Å². The summed E-state index contributed by atoms with van der Waals surface area (Å²) in [6, 6.07) is 1.74. The van der Waals surface area contributed by atoms with Gasteiger partial charge >= 0.3 is 5.97 Å². The van der Waals surface area contributed by atoms with Gasteiger partial charge in [-0.2, -0.15) is 0 Å². The first-order valence-electron chi connectivity index (χ1n) is 3.97. The number of aryl methyl sites for hydroxylation is 1. The minimum absolute atomic E-state index is 0.187. The highest BCUT2D eigenvalue weighted by Crippen LogP contribution is 2.19. The molecule has 0 bridgehead atoms. The molecule has 6 heteroatoms. The Kier molecular flexibility index (Phi) is 2.81. The lowest BCUT2D eigenvalue weighted by Crippen LogP contribution is -2.07. The Hall–Kier alpha value is -1.43. The molecule has 0 spiro atoms. The predicted octanol–water partition coefficient (Wildman–Crippen LogP) is 1.24. The molecular formula is C9H9FO4S. The fraction of sp³-hybridized carbons (Fsp3) is 0.222. The number of carboxylic acids is 1. The lowest BCUT2D eigenvalue weighted by molar-refractivity contribution is 0.0695. The predicted molar refractivity (Wildman–Crippen MR) is 51.2 cm³/mol. The Morgan fingerprint density at radius 3 is 2.33 bits per heavy atom. The van der Waals surface area contributed by atoms with Gasteiger partial charge in [-0.15, -0.1) is 0 Å². The SMILES string of the molecule is Cc1cc(F)c(S(C)(=O)=O)cc1C(=O)O. The molecule has 15 heavy (non-hydrogen) atoms. The molecular weight excluding hydrogens is 223 g/mol. The first kappa shape index (κ1) is 11.6. The molecule has 0 aliphatic heterocycles. The van der Waals surface area contributed by atoms with Crippen LogP contribution in [0.5, 0.6) is 0 Å².